The molecule has 1 aromatic heterocycles. The quantitative estimate of drug-likeness (QED) is 0.553. The van der Waals surface area contributed by atoms with E-state index in [9.17, 15) is 4.39 Å². The largest absolute Gasteiger partial charge is 0.195 e. The first-order valence-electron chi connectivity index (χ1n) is 3.24. The molecule has 0 radical (unpaired) electrons. The van der Waals surface area contributed by atoms with Gasteiger partial charge in [-0.15, -0.1) is 24.0 Å². The minimum atomic E-state index is -0.151. The van der Waals surface area contributed by atoms with Crippen molar-refractivity contribution >= 4 is 56.6 Å². The first kappa shape index (κ1) is 8.77. The highest BCUT2D eigenvalue weighted by Crippen LogP contribution is 2.31. The van der Waals surface area contributed by atoms with E-state index < -0.39 is 0 Å². The lowest BCUT2D eigenvalue weighted by molar-refractivity contribution is 0.658. The lowest BCUT2D eigenvalue weighted by Gasteiger charge is -1.94. The zero-order valence-electron chi connectivity index (χ0n) is 5.84. The van der Waals surface area contributed by atoms with Crippen molar-refractivity contribution in [3.8, 4) is 0 Å². The fourth-order valence-corrected chi connectivity index (χ4v) is 3.15. The van der Waals surface area contributed by atoms with Crippen LogP contribution in [0.1, 0.15) is 0 Å². The second-order valence-corrected chi connectivity index (χ2v) is 5.12. The van der Waals surface area contributed by atoms with Gasteiger partial charge in [0.05, 0.1) is 4.70 Å². The maximum atomic E-state index is 12.8. The molecule has 0 N–H and O–H groups in total. The molecule has 0 bridgehead atoms. The highest BCUT2D eigenvalue weighted by molar-refractivity contribution is 14.1. The number of hydrogen-bond donors (Lipinski definition) is 1. The van der Waals surface area contributed by atoms with Crippen LogP contribution in [-0.4, -0.2) is 0 Å². The Kier molecular flexibility index (Phi) is 2.31. The molecule has 0 aliphatic rings. The predicted molar refractivity (Wildman–Crippen MR) is 61.8 cm³/mol. The van der Waals surface area contributed by atoms with Crippen LogP contribution in [0.5, 0.6) is 0 Å². The van der Waals surface area contributed by atoms with Gasteiger partial charge in [-0.3, -0.25) is 0 Å². The van der Waals surface area contributed by atoms with Crippen LogP contribution in [0.2, 0.25) is 0 Å². The van der Waals surface area contributed by atoms with Crippen LogP contribution in [0.3, 0.4) is 0 Å². The van der Waals surface area contributed by atoms with Gasteiger partial charge in [0, 0.05) is 8.47 Å². The van der Waals surface area contributed by atoms with E-state index in [0.29, 0.717) is 0 Å². The molecule has 0 saturated heterocycles. The number of benzene rings is 1. The van der Waals surface area contributed by atoms with Crippen LogP contribution < -0.4 is 0 Å². The first-order chi connectivity index (χ1) is 5.66. The zero-order chi connectivity index (χ0) is 8.72. The van der Waals surface area contributed by atoms with Crippen molar-refractivity contribution in [2.75, 3.05) is 0 Å². The number of thiophene rings is 1. The molecule has 62 valence electrons. The Balaban J connectivity index is 2.88. The van der Waals surface area contributed by atoms with Gasteiger partial charge in [-0.25, -0.2) is 0 Å². The smallest absolute Gasteiger partial charge is 0.177 e. The molecule has 1 aromatic carbocycles. The summed E-state index contributed by atoms with van der Waals surface area (Å²) in [6.45, 7) is 0. The highest BCUT2D eigenvalue weighted by Gasteiger charge is 2.04. The maximum Gasteiger partial charge on any atom is 0.177 e. The van der Waals surface area contributed by atoms with Crippen LogP contribution in [0.4, 0.5) is 4.39 Å². The molecule has 0 amide bonds. The number of rotatable bonds is 0. The predicted octanol–water partition coefficient (Wildman–Crippen LogP) is 3.93. The Morgan fingerprint density at radius 3 is 2.83 bits per heavy atom. The van der Waals surface area contributed by atoms with E-state index in [0.717, 1.165) is 29.9 Å². The van der Waals surface area contributed by atoms with Crippen molar-refractivity contribution < 1.29 is 4.39 Å². The highest BCUT2D eigenvalue weighted by atomic mass is 127. The summed E-state index contributed by atoms with van der Waals surface area (Å²) in [7, 11) is 0. The van der Waals surface area contributed by atoms with Gasteiger partial charge >= 0.3 is 0 Å². The van der Waals surface area contributed by atoms with Crippen molar-refractivity contribution in [1.82, 2.24) is 0 Å². The number of thiol groups is 1. The number of halogens is 2. The number of fused-ring (bicyclic) bond motifs is 1. The van der Waals surface area contributed by atoms with Crippen LogP contribution in [0, 0.1) is 8.70 Å². The molecule has 0 spiro atoms. The van der Waals surface area contributed by atoms with Crippen molar-refractivity contribution in [2.45, 2.75) is 4.90 Å². The molecule has 2 aromatic rings. The second kappa shape index (κ2) is 3.16. The Morgan fingerprint density at radius 1 is 1.33 bits per heavy atom. The summed E-state index contributed by atoms with van der Waals surface area (Å²) in [5, 5.41) is 0.789. The Morgan fingerprint density at radius 2 is 2.08 bits per heavy atom. The molecule has 1 heterocycles. The monoisotopic (exact) mass is 310 g/mol. The molecule has 0 fully saturated rings. The van der Waals surface area contributed by atoms with E-state index in [-0.39, 0.29) is 5.13 Å². The topological polar surface area (TPSA) is 0 Å². The fraction of sp³-hybridized carbons (Fsp3) is 0. The first-order valence-corrected chi connectivity index (χ1v) is 5.58. The van der Waals surface area contributed by atoms with Gasteiger partial charge in [-0.05, 0) is 46.2 Å². The van der Waals surface area contributed by atoms with E-state index in [1.54, 1.807) is 6.07 Å². The zero-order valence-corrected chi connectivity index (χ0v) is 9.71. The lowest BCUT2D eigenvalue weighted by atomic mass is 10.3. The molecule has 0 atom stereocenters. The molecular weight excluding hydrogens is 306 g/mol. The van der Waals surface area contributed by atoms with Crippen molar-refractivity contribution in [1.29, 1.82) is 0 Å². The Bertz CT molecular complexity index is 436. The summed E-state index contributed by atoms with van der Waals surface area (Å²) >= 11 is 7.61. The Labute approximate surface area is 92.3 Å². The summed E-state index contributed by atoms with van der Waals surface area (Å²) in [5.74, 6) is 0. The van der Waals surface area contributed by atoms with Gasteiger partial charge in [-0.1, -0.05) is 0 Å². The minimum Gasteiger partial charge on any atom is -0.195 e. The molecular formula is C8H4FIS2. The molecule has 0 aliphatic heterocycles. The van der Waals surface area contributed by atoms with E-state index in [1.165, 1.54) is 0 Å². The van der Waals surface area contributed by atoms with Gasteiger partial charge < -0.3 is 0 Å². The molecule has 0 unspecified atom stereocenters. The lowest BCUT2D eigenvalue weighted by Crippen LogP contribution is -1.71. The third-order valence-electron chi connectivity index (χ3n) is 1.53. The van der Waals surface area contributed by atoms with Crippen LogP contribution >= 0.6 is 46.6 Å². The van der Waals surface area contributed by atoms with Crippen molar-refractivity contribution in [3.05, 3.63) is 26.9 Å². The molecule has 0 saturated carbocycles. The van der Waals surface area contributed by atoms with E-state index in [4.69, 9.17) is 0 Å². The summed E-state index contributed by atoms with van der Waals surface area (Å²) in [6, 6.07) is 5.43. The number of hydrogen-bond acceptors (Lipinski definition) is 2. The summed E-state index contributed by atoms with van der Waals surface area (Å²) in [4.78, 5) is 0.853. The molecule has 0 nitrogen and oxygen atoms in total. The van der Waals surface area contributed by atoms with Gasteiger partial charge in [-0.2, -0.15) is 4.39 Å². The van der Waals surface area contributed by atoms with Gasteiger partial charge in [0.2, 0.25) is 0 Å². The molecule has 4 heteroatoms. The van der Waals surface area contributed by atoms with E-state index in [2.05, 4.69) is 35.2 Å². The van der Waals surface area contributed by atoms with Crippen LogP contribution in [-0.2, 0) is 0 Å². The van der Waals surface area contributed by atoms with Crippen LogP contribution in [0.25, 0.3) is 10.1 Å². The average molecular weight is 310 g/mol. The molecule has 12 heavy (non-hydrogen) atoms. The third-order valence-corrected chi connectivity index (χ3v) is 3.63. The molecule has 2 rings (SSSR count). The summed E-state index contributed by atoms with van der Waals surface area (Å²) in [5.41, 5.74) is 0. The maximum absolute atomic E-state index is 12.8. The standard InChI is InChI=1S/C8H4FIS2/c9-7-2-4-1-5(10)3-6(11)8(4)12-7/h1-3,11H. The second-order valence-electron chi connectivity index (χ2n) is 2.39. The normalized spacial score (nSPS) is 10.9. The van der Waals surface area contributed by atoms with Crippen LogP contribution in [0.15, 0.2) is 23.1 Å². The van der Waals surface area contributed by atoms with E-state index >= 15 is 0 Å². The Hall–Kier alpha value is 0.190. The SMILES string of the molecule is Fc1cc2cc(I)cc(S)c2s1. The van der Waals surface area contributed by atoms with Gasteiger partial charge in [0.25, 0.3) is 0 Å². The van der Waals surface area contributed by atoms with Crippen molar-refractivity contribution in [2.24, 2.45) is 0 Å². The third kappa shape index (κ3) is 1.47. The summed E-state index contributed by atoms with van der Waals surface area (Å²) < 4.78 is 14.8. The molecule has 0 aliphatic carbocycles. The minimum absolute atomic E-state index is 0.151. The average Bonchev–Trinajstić information content (AvgIpc) is 2.29. The summed E-state index contributed by atoms with van der Waals surface area (Å²) in [6.07, 6.45) is 0. The van der Waals surface area contributed by atoms with Gasteiger partial charge in [0.1, 0.15) is 0 Å². The van der Waals surface area contributed by atoms with E-state index in [1.807, 2.05) is 12.1 Å². The van der Waals surface area contributed by atoms with Gasteiger partial charge in [0.15, 0.2) is 5.13 Å². The van der Waals surface area contributed by atoms with Crippen molar-refractivity contribution in [3.63, 3.8) is 0 Å². The fourth-order valence-electron chi connectivity index (χ4n) is 1.07.